The third-order valence-corrected chi connectivity index (χ3v) is 6.00. The minimum Gasteiger partial charge on any atom is -0.492 e. The molecule has 1 atom stereocenters. The Morgan fingerprint density at radius 1 is 1.14 bits per heavy atom. The number of hydrogen-bond donors (Lipinski definition) is 2. The summed E-state index contributed by atoms with van der Waals surface area (Å²) >= 11 is 6.13. The lowest BCUT2D eigenvalue weighted by atomic mass is 10.1. The molecular weight excluding hydrogens is 412 g/mol. The number of hydrogen-bond acceptors (Lipinski definition) is 4. The lowest BCUT2D eigenvalue weighted by Crippen LogP contribution is -2.48. The maximum absolute atomic E-state index is 12.9. The van der Waals surface area contributed by atoms with Gasteiger partial charge in [0.05, 0.1) is 16.5 Å². The number of nitrogens with one attached hydrogen (secondary N) is 2. The Kier molecular flexibility index (Phi) is 8.95. The number of benzene rings is 2. The Morgan fingerprint density at radius 3 is 2.48 bits per heavy atom. The van der Waals surface area contributed by atoms with Crippen molar-refractivity contribution in [1.82, 2.24) is 10.0 Å². The highest BCUT2D eigenvalue weighted by Gasteiger charge is 2.26. The zero-order chi connectivity index (χ0) is 21.3. The van der Waals surface area contributed by atoms with Crippen LogP contribution in [0.1, 0.15) is 32.3 Å². The molecular formula is C21H27ClN2O4S. The van der Waals surface area contributed by atoms with Gasteiger partial charge in [-0.15, -0.1) is 0 Å². The molecule has 2 aromatic rings. The first-order valence-electron chi connectivity index (χ1n) is 9.63. The predicted molar refractivity (Wildman–Crippen MR) is 115 cm³/mol. The summed E-state index contributed by atoms with van der Waals surface area (Å²) in [5, 5.41) is 3.00. The van der Waals surface area contributed by atoms with Crippen LogP contribution < -0.4 is 14.8 Å². The molecule has 0 radical (unpaired) electrons. The zero-order valence-electron chi connectivity index (χ0n) is 16.7. The molecule has 2 aromatic carbocycles. The van der Waals surface area contributed by atoms with E-state index in [-0.39, 0.29) is 22.2 Å². The van der Waals surface area contributed by atoms with Gasteiger partial charge in [0.25, 0.3) is 0 Å². The van der Waals surface area contributed by atoms with E-state index in [1.54, 1.807) is 0 Å². The van der Waals surface area contributed by atoms with Gasteiger partial charge in [-0.25, -0.2) is 8.42 Å². The zero-order valence-corrected chi connectivity index (χ0v) is 18.2. The number of ether oxygens (including phenoxy) is 1. The molecule has 6 nitrogen and oxygen atoms in total. The van der Waals surface area contributed by atoms with E-state index in [9.17, 15) is 13.2 Å². The lowest BCUT2D eigenvalue weighted by Gasteiger charge is -2.19. The fourth-order valence-electron chi connectivity index (χ4n) is 2.73. The van der Waals surface area contributed by atoms with Gasteiger partial charge in [-0.3, -0.25) is 4.79 Å². The Bertz CT molecular complexity index is 904. The lowest BCUT2D eigenvalue weighted by molar-refractivity contribution is -0.122. The number of amides is 1. The first kappa shape index (κ1) is 23.2. The molecule has 0 aromatic heterocycles. The summed E-state index contributed by atoms with van der Waals surface area (Å²) in [6.45, 7) is 4.75. The maximum Gasteiger partial charge on any atom is 0.241 e. The van der Waals surface area contributed by atoms with Crippen molar-refractivity contribution in [3.05, 3.63) is 59.1 Å². The van der Waals surface area contributed by atoms with E-state index in [1.165, 1.54) is 18.2 Å². The highest BCUT2D eigenvalue weighted by Crippen LogP contribution is 2.27. The highest BCUT2D eigenvalue weighted by atomic mass is 35.5. The minimum atomic E-state index is -3.96. The fraction of sp³-hybridized carbons (Fsp3) is 0.381. The van der Waals surface area contributed by atoms with Gasteiger partial charge in [-0.1, -0.05) is 55.3 Å². The van der Waals surface area contributed by atoms with Crippen LogP contribution in [-0.2, 0) is 21.2 Å². The standard InChI is InChI=1S/C21H27ClN2O4S/c1-3-5-13-23-21(25)19(14-16-9-7-6-8-10-16)24-29(26,27)17-11-12-20(28-4-2)18(22)15-17/h6-12,15,19,24H,3-5,13-14H2,1-2H3,(H,23,25). The van der Waals surface area contributed by atoms with Crippen LogP contribution in [0.3, 0.4) is 0 Å². The van der Waals surface area contributed by atoms with Crippen LogP contribution in [0.25, 0.3) is 0 Å². The van der Waals surface area contributed by atoms with Crippen molar-refractivity contribution in [2.45, 2.75) is 44.0 Å². The van der Waals surface area contributed by atoms with E-state index in [4.69, 9.17) is 16.3 Å². The van der Waals surface area contributed by atoms with Gasteiger partial charge < -0.3 is 10.1 Å². The third-order valence-electron chi connectivity index (χ3n) is 4.24. The molecule has 0 fully saturated rings. The number of carbonyl (C=O) groups excluding carboxylic acids is 1. The van der Waals surface area contributed by atoms with Gasteiger partial charge >= 0.3 is 0 Å². The van der Waals surface area contributed by atoms with E-state index >= 15 is 0 Å². The molecule has 29 heavy (non-hydrogen) atoms. The monoisotopic (exact) mass is 438 g/mol. The maximum atomic E-state index is 12.9. The van der Waals surface area contributed by atoms with Crippen LogP contribution in [0, 0.1) is 0 Å². The molecule has 2 N–H and O–H groups in total. The van der Waals surface area contributed by atoms with E-state index in [0.717, 1.165) is 18.4 Å². The second-order valence-electron chi connectivity index (χ2n) is 6.53. The summed E-state index contributed by atoms with van der Waals surface area (Å²) < 4.78 is 33.7. The number of unbranched alkanes of at least 4 members (excludes halogenated alkanes) is 1. The average molecular weight is 439 g/mol. The second-order valence-corrected chi connectivity index (χ2v) is 8.65. The van der Waals surface area contributed by atoms with Crippen molar-refractivity contribution in [2.75, 3.05) is 13.2 Å². The van der Waals surface area contributed by atoms with E-state index in [2.05, 4.69) is 10.0 Å². The van der Waals surface area contributed by atoms with Gasteiger partial charge in [0, 0.05) is 6.54 Å². The number of rotatable bonds is 11. The van der Waals surface area contributed by atoms with Gasteiger partial charge in [0.2, 0.25) is 15.9 Å². The molecule has 2 rings (SSSR count). The molecule has 8 heteroatoms. The molecule has 0 spiro atoms. The second kappa shape index (κ2) is 11.2. The third kappa shape index (κ3) is 7.03. The number of sulfonamides is 1. The predicted octanol–water partition coefficient (Wildman–Crippen LogP) is 3.54. The SMILES string of the molecule is CCCCNC(=O)C(Cc1ccccc1)NS(=O)(=O)c1ccc(OCC)c(Cl)c1. The number of halogens is 1. The molecule has 1 amide bonds. The fourth-order valence-corrected chi connectivity index (χ4v) is 4.25. The molecule has 0 bridgehead atoms. The largest absolute Gasteiger partial charge is 0.492 e. The summed E-state index contributed by atoms with van der Waals surface area (Å²) in [5.74, 6) is 0.0502. The normalized spacial score (nSPS) is 12.4. The summed E-state index contributed by atoms with van der Waals surface area (Å²) in [4.78, 5) is 12.6. The van der Waals surface area contributed by atoms with Crippen molar-refractivity contribution < 1.29 is 17.9 Å². The molecule has 0 saturated carbocycles. The first-order valence-corrected chi connectivity index (χ1v) is 11.5. The Balaban J connectivity index is 2.23. The first-order chi connectivity index (χ1) is 13.9. The molecule has 158 valence electrons. The van der Waals surface area contributed by atoms with Crippen LogP contribution >= 0.6 is 11.6 Å². The van der Waals surface area contributed by atoms with E-state index < -0.39 is 16.1 Å². The van der Waals surface area contributed by atoms with E-state index in [1.807, 2.05) is 44.2 Å². The molecule has 0 aliphatic carbocycles. The van der Waals surface area contributed by atoms with E-state index in [0.29, 0.717) is 18.9 Å². The van der Waals surface area contributed by atoms with Crippen molar-refractivity contribution in [1.29, 1.82) is 0 Å². The van der Waals surface area contributed by atoms with Crippen LogP contribution in [0.15, 0.2) is 53.4 Å². The summed E-state index contributed by atoms with van der Waals surface area (Å²) in [7, 11) is -3.96. The van der Waals surface area contributed by atoms with Crippen molar-refractivity contribution >= 4 is 27.5 Å². The van der Waals surface area contributed by atoms with Crippen molar-refractivity contribution in [3.63, 3.8) is 0 Å². The summed E-state index contributed by atoms with van der Waals surface area (Å²) in [6, 6.07) is 12.6. The molecule has 0 aliphatic rings. The van der Waals surface area contributed by atoms with Crippen molar-refractivity contribution in [2.24, 2.45) is 0 Å². The Labute approximate surface area is 177 Å². The molecule has 0 heterocycles. The van der Waals surface area contributed by atoms with Gasteiger partial charge in [-0.2, -0.15) is 4.72 Å². The summed E-state index contributed by atoms with van der Waals surface area (Å²) in [5.41, 5.74) is 0.857. The van der Waals surface area contributed by atoms with Crippen LogP contribution in [-0.4, -0.2) is 33.5 Å². The number of carbonyl (C=O) groups is 1. The molecule has 1 unspecified atom stereocenters. The minimum absolute atomic E-state index is 0.0228. The molecule has 0 saturated heterocycles. The van der Waals surface area contributed by atoms with Crippen LogP contribution in [0.2, 0.25) is 5.02 Å². The average Bonchev–Trinajstić information content (AvgIpc) is 2.70. The topological polar surface area (TPSA) is 84.5 Å². The van der Waals surface area contributed by atoms with Crippen LogP contribution in [0.5, 0.6) is 5.75 Å². The quantitative estimate of drug-likeness (QED) is 0.525. The van der Waals surface area contributed by atoms with Crippen molar-refractivity contribution in [3.8, 4) is 5.75 Å². The molecule has 0 aliphatic heterocycles. The Morgan fingerprint density at radius 2 is 1.86 bits per heavy atom. The highest BCUT2D eigenvalue weighted by molar-refractivity contribution is 7.89. The smallest absolute Gasteiger partial charge is 0.241 e. The summed E-state index contributed by atoms with van der Waals surface area (Å²) in [6.07, 6.45) is 1.99. The van der Waals surface area contributed by atoms with Gasteiger partial charge in [-0.05, 0) is 43.5 Å². The Hall–Kier alpha value is -2.09. The van der Waals surface area contributed by atoms with Gasteiger partial charge in [0.15, 0.2) is 0 Å². The van der Waals surface area contributed by atoms with Gasteiger partial charge in [0.1, 0.15) is 11.8 Å². The van der Waals surface area contributed by atoms with Crippen LogP contribution in [0.4, 0.5) is 0 Å².